The van der Waals surface area contributed by atoms with E-state index in [-0.39, 0.29) is 40.1 Å². The molecule has 1 aromatic carbocycles. The van der Waals surface area contributed by atoms with Gasteiger partial charge in [0.15, 0.2) is 5.69 Å². The summed E-state index contributed by atoms with van der Waals surface area (Å²) in [5, 5.41) is 4.07. The fourth-order valence-corrected chi connectivity index (χ4v) is 4.78. The molecule has 1 aliphatic heterocycles. The molecule has 0 saturated carbocycles. The van der Waals surface area contributed by atoms with E-state index in [2.05, 4.69) is 11.2 Å². The monoisotopic (exact) mass is 524 g/mol. The molecule has 2 aliphatic carbocycles. The first-order valence-corrected chi connectivity index (χ1v) is 11.8. The van der Waals surface area contributed by atoms with Crippen molar-refractivity contribution in [1.29, 1.82) is 0 Å². The van der Waals surface area contributed by atoms with Gasteiger partial charge in [0.25, 0.3) is 0 Å². The van der Waals surface area contributed by atoms with Crippen LogP contribution in [0.3, 0.4) is 0 Å². The Morgan fingerprint density at radius 1 is 1.11 bits per heavy atom. The van der Waals surface area contributed by atoms with Crippen LogP contribution >= 0.6 is 23.2 Å². The molecule has 0 spiro atoms. The van der Waals surface area contributed by atoms with Crippen molar-refractivity contribution >= 4 is 23.2 Å². The van der Waals surface area contributed by atoms with Crippen molar-refractivity contribution in [1.82, 2.24) is 9.78 Å². The lowest BCUT2D eigenvalue weighted by atomic mass is 9.87. The summed E-state index contributed by atoms with van der Waals surface area (Å²) in [5.41, 5.74) is 0.436. The highest BCUT2D eigenvalue weighted by Gasteiger charge is 2.35. The Balaban J connectivity index is 1.30. The van der Waals surface area contributed by atoms with Crippen LogP contribution in [0.1, 0.15) is 24.2 Å². The predicted octanol–water partition coefficient (Wildman–Crippen LogP) is 6.80. The lowest BCUT2D eigenvalue weighted by Crippen LogP contribution is -2.28. The molecule has 1 saturated heterocycles. The van der Waals surface area contributed by atoms with Crippen LogP contribution in [-0.2, 0) is 27.0 Å². The lowest BCUT2D eigenvalue weighted by Gasteiger charge is -2.30. The van der Waals surface area contributed by atoms with Crippen LogP contribution in [-0.4, -0.2) is 29.1 Å². The number of halogens is 5. The zero-order valence-corrected chi connectivity index (χ0v) is 19.9. The summed E-state index contributed by atoms with van der Waals surface area (Å²) in [5.74, 6) is 1.58. The molecule has 0 radical (unpaired) electrons. The van der Waals surface area contributed by atoms with Gasteiger partial charge in [0.2, 0.25) is 0 Å². The molecular weight excluding hydrogens is 504 g/mol. The molecule has 5 rings (SSSR count). The molecule has 0 amide bonds. The maximum Gasteiger partial charge on any atom is 0.435 e. The molecule has 184 valence electrons. The number of rotatable bonds is 5. The molecule has 2 aromatic rings. The number of fused-ring (bicyclic) bond motifs is 1. The predicted molar refractivity (Wildman–Crippen MR) is 125 cm³/mol. The van der Waals surface area contributed by atoms with Crippen molar-refractivity contribution in [2.75, 3.05) is 13.2 Å². The normalized spacial score (nSPS) is 22.0. The Morgan fingerprint density at radius 3 is 2.63 bits per heavy atom. The average molecular weight is 525 g/mol. The highest BCUT2D eigenvalue weighted by molar-refractivity contribution is 6.37. The molecular formula is C25H21Cl2F3N2O3. The highest BCUT2D eigenvalue weighted by atomic mass is 35.5. The topological polar surface area (TPSA) is 45.5 Å². The minimum Gasteiger partial charge on any atom is -0.493 e. The van der Waals surface area contributed by atoms with Gasteiger partial charge >= 0.3 is 6.18 Å². The maximum atomic E-state index is 13.4. The number of allylic oxidation sites excluding steroid dienone is 5. The lowest BCUT2D eigenvalue weighted by molar-refractivity contribution is -0.141. The number of aromatic nitrogens is 2. The van der Waals surface area contributed by atoms with Gasteiger partial charge in [-0.05, 0) is 54.8 Å². The van der Waals surface area contributed by atoms with Crippen molar-refractivity contribution in [3.8, 4) is 5.69 Å². The number of benzene rings is 1. The van der Waals surface area contributed by atoms with Crippen molar-refractivity contribution in [3.63, 3.8) is 0 Å². The fraction of sp³-hybridized carbons (Fsp3) is 0.320. The van der Waals surface area contributed by atoms with E-state index in [1.807, 2.05) is 24.3 Å². The Kier molecular flexibility index (Phi) is 6.70. The van der Waals surface area contributed by atoms with E-state index in [9.17, 15) is 13.2 Å². The van der Waals surface area contributed by atoms with Gasteiger partial charge in [-0.2, -0.15) is 18.3 Å². The van der Waals surface area contributed by atoms with Crippen molar-refractivity contribution in [2.45, 2.75) is 31.7 Å². The highest BCUT2D eigenvalue weighted by Crippen LogP contribution is 2.35. The third kappa shape index (κ3) is 5.15. The van der Waals surface area contributed by atoms with E-state index in [1.165, 1.54) is 12.1 Å². The van der Waals surface area contributed by atoms with Gasteiger partial charge in [0.05, 0.1) is 22.3 Å². The summed E-state index contributed by atoms with van der Waals surface area (Å²) in [7, 11) is 0. The van der Waals surface area contributed by atoms with Crippen molar-refractivity contribution in [2.24, 2.45) is 5.92 Å². The zero-order chi connectivity index (χ0) is 24.6. The van der Waals surface area contributed by atoms with Crippen LogP contribution in [0, 0.1) is 5.92 Å². The summed E-state index contributed by atoms with van der Waals surface area (Å²) in [6.45, 7) is 1.01. The van der Waals surface area contributed by atoms with E-state index < -0.39 is 11.9 Å². The standard InChI is InChI=1S/C25H21Cl2F3N2O3/c26-19-2-1-3-20(27)24(19)32-17(13-23(31-32)25(28,29)30)14-35-18-7-4-15(5-8-18)16-6-9-21-22(12-16)34-11-10-33-21/h1-4,6-8,12-13,15,21H,5,9-11,14H2. The second kappa shape index (κ2) is 9.76. The smallest absolute Gasteiger partial charge is 0.435 e. The summed E-state index contributed by atoms with van der Waals surface area (Å²) < 4.78 is 58.5. The Morgan fingerprint density at radius 2 is 1.91 bits per heavy atom. The molecule has 1 fully saturated rings. The SMILES string of the molecule is FC(F)(F)c1cc(COC2=CCC(C3=CCC4OCCOC4=C3)C=C2)n(-c2c(Cl)cccc2Cl)n1. The van der Waals surface area contributed by atoms with Gasteiger partial charge in [-0.1, -0.05) is 41.4 Å². The van der Waals surface area contributed by atoms with Gasteiger partial charge in [-0.3, -0.25) is 0 Å². The minimum atomic E-state index is -4.63. The summed E-state index contributed by atoms with van der Waals surface area (Å²) >= 11 is 12.4. The van der Waals surface area contributed by atoms with Crippen molar-refractivity contribution < 1.29 is 27.4 Å². The molecule has 2 heterocycles. The summed E-state index contributed by atoms with van der Waals surface area (Å²) in [6, 6.07) is 5.63. The molecule has 5 nitrogen and oxygen atoms in total. The quantitative estimate of drug-likeness (QED) is 0.431. The Bertz CT molecular complexity index is 1230. The van der Waals surface area contributed by atoms with Crippen LogP contribution < -0.4 is 0 Å². The molecule has 35 heavy (non-hydrogen) atoms. The first-order valence-electron chi connectivity index (χ1n) is 11.1. The van der Waals surface area contributed by atoms with Crippen LogP contribution in [0.15, 0.2) is 71.7 Å². The molecule has 2 atom stereocenters. The maximum absolute atomic E-state index is 13.4. The number of nitrogens with zero attached hydrogens (tertiary/aromatic N) is 2. The first-order chi connectivity index (χ1) is 16.8. The average Bonchev–Trinajstić information content (AvgIpc) is 3.27. The van der Waals surface area contributed by atoms with E-state index in [0.29, 0.717) is 25.4 Å². The number of para-hydroxylation sites is 1. The van der Waals surface area contributed by atoms with Gasteiger partial charge in [0.1, 0.15) is 36.5 Å². The molecule has 3 aliphatic rings. The largest absolute Gasteiger partial charge is 0.493 e. The van der Waals surface area contributed by atoms with Crippen LogP contribution in [0.2, 0.25) is 10.0 Å². The van der Waals surface area contributed by atoms with Crippen LogP contribution in [0.4, 0.5) is 13.2 Å². The van der Waals surface area contributed by atoms with E-state index in [4.69, 9.17) is 37.4 Å². The van der Waals surface area contributed by atoms with Gasteiger partial charge in [-0.15, -0.1) is 0 Å². The second-order valence-corrected chi connectivity index (χ2v) is 9.11. The third-order valence-corrected chi connectivity index (χ3v) is 6.58. The fourth-order valence-electron chi connectivity index (χ4n) is 4.23. The second-order valence-electron chi connectivity index (χ2n) is 8.29. The molecule has 2 unspecified atom stereocenters. The first kappa shape index (κ1) is 24.0. The number of ether oxygens (including phenoxy) is 3. The van der Waals surface area contributed by atoms with Crippen LogP contribution in [0.5, 0.6) is 0 Å². The summed E-state index contributed by atoms with van der Waals surface area (Å²) in [4.78, 5) is 0. The number of alkyl halides is 3. The molecule has 0 bridgehead atoms. The molecule has 10 heteroatoms. The third-order valence-electron chi connectivity index (χ3n) is 5.97. The van der Waals surface area contributed by atoms with Crippen molar-refractivity contribution in [3.05, 3.63) is 93.2 Å². The van der Waals surface area contributed by atoms with Gasteiger partial charge in [-0.25, -0.2) is 4.68 Å². The van der Waals surface area contributed by atoms with Gasteiger partial charge < -0.3 is 14.2 Å². The Hall–Kier alpha value is -2.68. The molecule has 0 N–H and O–H groups in total. The van der Waals surface area contributed by atoms with E-state index in [0.717, 1.165) is 28.5 Å². The molecule has 1 aromatic heterocycles. The number of hydrogen-bond donors (Lipinski definition) is 0. The van der Waals surface area contributed by atoms with E-state index >= 15 is 0 Å². The number of hydrogen-bond acceptors (Lipinski definition) is 4. The minimum absolute atomic E-state index is 0.00688. The zero-order valence-electron chi connectivity index (χ0n) is 18.4. The summed E-state index contributed by atoms with van der Waals surface area (Å²) in [6.07, 6.45) is 6.78. The Labute approximate surface area is 210 Å². The van der Waals surface area contributed by atoms with E-state index in [1.54, 1.807) is 6.07 Å². The van der Waals surface area contributed by atoms with Crippen LogP contribution in [0.25, 0.3) is 5.69 Å². The van der Waals surface area contributed by atoms with Gasteiger partial charge in [0, 0.05) is 5.92 Å².